The highest BCUT2D eigenvalue weighted by Gasteiger charge is 2.30. The number of aliphatic hydroxyl groups is 1. The van der Waals surface area contributed by atoms with Crippen molar-refractivity contribution in [3.8, 4) is 0 Å². The van der Waals surface area contributed by atoms with Crippen LogP contribution in [0.25, 0.3) is 0 Å². The Hall–Kier alpha value is -0.610. The van der Waals surface area contributed by atoms with Gasteiger partial charge < -0.3 is 15.6 Å². The van der Waals surface area contributed by atoms with Gasteiger partial charge in [-0.25, -0.2) is 4.79 Å². The summed E-state index contributed by atoms with van der Waals surface area (Å²) in [5, 5.41) is 9.38. The fourth-order valence-corrected chi connectivity index (χ4v) is 0.768. The van der Waals surface area contributed by atoms with Gasteiger partial charge in [-0.15, -0.1) is 0 Å². The molecular formula is C7H15NO3. The number of methoxy groups -OCH3 is 1. The van der Waals surface area contributed by atoms with Crippen molar-refractivity contribution in [2.45, 2.75) is 25.4 Å². The Morgan fingerprint density at radius 1 is 1.73 bits per heavy atom. The Labute approximate surface area is 66.3 Å². The maximum Gasteiger partial charge on any atom is 0.337 e. The van der Waals surface area contributed by atoms with Gasteiger partial charge in [0.2, 0.25) is 0 Å². The molecule has 66 valence electrons. The summed E-state index contributed by atoms with van der Waals surface area (Å²) in [7, 11) is 1.25. The Kier molecular flexibility index (Phi) is 4.07. The molecule has 0 radical (unpaired) electrons. The van der Waals surface area contributed by atoms with Crippen LogP contribution in [0.3, 0.4) is 0 Å². The van der Waals surface area contributed by atoms with Crippen molar-refractivity contribution in [3.05, 3.63) is 0 Å². The average molecular weight is 161 g/mol. The number of hydrogen-bond acceptors (Lipinski definition) is 4. The van der Waals surface area contributed by atoms with E-state index in [1.54, 1.807) is 0 Å². The van der Waals surface area contributed by atoms with Crippen molar-refractivity contribution in [3.63, 3.8) is 0 Å². The molecule has 0 aliphatic carbocycles. The molecular weight excluding hydrogens is 146 g/mol. The summed E-state index contributed by atoms with van der Waals surface area (Å²) in [4.78, 5) is 10.8. The Morgan fingerprint density at radius 3 is 2.64 bits per heavy atom. The first-order chi connectivity index (χ1) is 5.04. The Morgan fingerprint density at radius 2 is 2.27 bits per heavy atom. The van der Waals surface area contributed by atoms with E-state index in [-0.39, 0.29) is 0 Å². The lowest BCUT2D eigenvalue weighted by molar-refractivity contribution is -0.161. The molecule has 3 N–H and O–H groups in total. The van der Waals surface area contributed by atoms with E-state index < -0.39 is 11.6 Å². The van der Waals surface area contributed by atoms with Crippen LogP contribution >= 0.6 is 0 Å². The molecule has 0 aromatic heterocycles. The lowest BCUT2D eigenvalue weighted by atomic mass is 10.0. The number of nitrogens with two attached hydrogens (primary N) is 1. The predicted molar refractivity (Wildman–Crippen MR) is 40.9 cm³/mol. The second kappa shape index (κ2) is 4.31. The minimum Gasteiger partial charge on any atom is -0.467 e. The first-order valence-corrected chi connectivity index (χ1v) is 3.55. The molecule has 0 rings (SSSR count). The molecule has 0 heterocycles. The summed E-state index contributed by atoms with van der Waals surface area (Å²) in [6.45, 7) is 1.89. The number of ether oxygens (including phenoxy) is 1. The number of hydrogen-bond donors (Lipinski definition) is 2. The van der Waals surface area contributed by atoms with E-state index in [4.69, 9.17) is 5.73 Å². The van der Waals surface area contributed by atoms with Gasteiger partial charge in [0.15, 0.2) is 5.60 Å². The zero-order valence-electron chi connectivity index (χ0n) is 6.96. The van der Waals surface area contributed by atoms with E-state index in [1.165, 1.54) is 14.0 Å². The molecule has 0 bridgehead atoms. The second-order valence-electron chi connectivity index (χ2n) is 2.66. The van der Waals surface area contributed by atoms with E-state index in [1.807, 2.05) is 0 Å². The third-order valence-electron chi connectivity index (χ3n) is 1.49. The molecule has 1 unspecified atom stereocenters. The van der Waals surface area contributed by atoms with Gasteiger partial charge in [-0.3, -0.25) is 0 Å². The molecule has 0 fully saturated rings. The molecule has 0 saturated carbocycles. The topological polar surface area (TPSA) is 72.5 Å². The quantitative estimate of drug-likeness (QED) is 0.553. The lowest BCUT2D eigenvalue weighted by Crippen LogP contribution is -2.36. The van der Waals surface area contributed by atoms with Crippen LogP contribution in [0.4, 0.5) is 0 Å². The average Bonchev–Trinajstić information content (AvgIpc) is 1.99. The molecule has 11 heavy (non-hydrogen) atoms. The predicted octanol–water partition coefficient (Wildman–Crippen LogP) is -0.351. The maximum absolute atomic E-state index is 10.8. The van der Waals surface area contributed by atoms with Gasteiger partial charge >= 0.3 is 5.97 Å². The van der Waals surface area contributed by atoms with Gasteiger partial charge in [0.1, 0.15) is 0 Å². The first kappa shape index (κ1) is 10.4. The number of carbonyl (C=O) groups excluding carboxylic acids is 1. The van der Waals surface area contributed by atoms with Crippen LogP contribution < -0.4 is 5.73 Å². The van der Waals surface area contributed by atoms with Gasteiger partial charge in [0.25, 0.3) is 0 Å². The van der Waals surface area contributed by atoms with E-state index in [2.05, 4.69) is 4.74 Å². The minimum atomic E-state index is -1.38. The molecule has 0 spiro atoms. The minimum absolute atomic E-state index is 0.343. The smallest absolute Gasteiger partial charge is 0.337 e. The van der Waals surface area contributed by atoms with Crippen LogP contribution in [0.1, 0.15) is 19.8 Å². The Balaban J connectivity index is 3.88. The summed E-state index contributed by atoms with van der Waals surface area (Å²) in [5.41, 5.74) is 3.83. The summed E-state index contributed by atoms with van der Waals surface area (Å²) in [6, 6.07) is 0. The number of carbonyl (C=O) groups is 1. The standard InChI is InChI=1S/C7H15NO3/c1-7(10,4-3-5-8)6(9)11-2/h10H,3-5,8H2,1-2H3. The van der Waals surface area contributed by atoms with Crippen molar-refractivity contribution in [1.82, 2.24) is 0 Å². The van der Waals surface area contributed by atoms with Crippen LogP contribution in [-0.2, 0) is 9.53 Å². The van der Waals surface area contributed by atoms with Crippen LogP contribution in [-0.4, -0.2) is 30.3 Å². The van der Waals surface area contributed by atoms with Gasteiger partial charge in [-0.2, -0.15) is 0 Å². The zero-order chi connectivity index (χ0) is 8.91. The highest BCUT2D eigenvalue weighted by molar-refractivity contribution is 5.78. The number of rotatable bonds is 4. The molecule has 0 aromatic carbocycles. The monoisotopic (exact) mass is 161 g/mol. The second-order valence-corrected chi connectivity index (χ2v) is 2.66. The van der Waals surface area contributed by atoms with Gasteiger partial charge in [0.05, 0.1) is 7.11 Å². The molecule has 1 atom stereocenters. The van der Waals surface area contributed by atoms with Gasteiger partial charge in [-0.05, 0) is 26.3 Å². The zero-order valence-corrected chi connectivity index (χ0v) is 6.96. The van der Waals surface area contributed by atoms with Crippen LogP contribution in [0.2, 0.25) is 0 Å². The third kappa shape index (κ3) is 3.34. The fourth-order valence-electron chi connectivity index (χ4n) is 0.768. The molecule has 4 nitrogen and oxygen atoms in total. The third-order valence-corrected chi connectivity index (χ3v) is 1.49. The van der Waals surface area contributed by atoms with Gasteiger partial charge in [0, 0.05) is 0 Å². The highest BCUT2D eigenvalue weighted by Crippen LogP contribution is 2.12. The molecule has 0 amide bonds. The molecule has 0 aliphatic heterocycles. The SMILES string of the molecule is COC(=O)C(C)(O)CCCN. The van der Waals surface area contributed by atoms with Crippen molar-refractivity contribution in [2.24, 2.45) is 5.73 Å². The normalized spacial score (nSPS) is 15.6. The van der Waals surface area contributed by atoms with E-state index >= 15 is 0 Å². The summed E-state index contributed by atoms with van der Waals surface area (Å²) in [6.07, 6.45) is 0.957. The highest BCUT2D eigenvalue weighted by atomic mass is 16.5. The summed E-state index contributed by atoms with van der Waals surface area (Å²) in [5.74, 6) is -0.606. The van der Waals surface area contributed by atoms with E-state index in [9.17, 15) is 9.90 Å². The molecule has 4 heteroatoms. The maximum atomic E-state index is 10.8. The van der Waals surface area contributed by atoms with Crippen molar-refractivity contribution in [2.75, 3.05) is 13.7 Å². The van der Waals surface area contributed by atoms with Crippen LogP contribution in [0.15, 0.2) is 0 Å². The van der Waals surface area contributed by atoms with Crippen molar-refractivity contribution in [1.29, 1.82) is 0 Å². The van der Waals surface area contributed by atoms with Crippen molar-refractivity contribution < 1.29 is 14.6 Å². The van der Waals surface area contributed by atoms with E-state index in [0.29, 0.717) is 19.4 Å². The molecule has 0 aliphatic rings. The first-order valence-electron chi connectivity index (χ1n) is 3.55. The number of esters is 1. The summed E-state index contributed by atoms with van der Waals surface area (Å²) < 4.78 is 4.38. The largest absolute Gasteiger partial charge is 0.467 e. The van der Waals surface area contributed by atoms with Crippen LogP contribution in [0, 0.1) is 0 Å². The lowest BCUT2D eigenvalue weighted by Gasteiger charge is -2.19. The Bertz CT molecular complexity index is 134. The van der Waals surface area contributed by atoms with E-state index in [0.717, 1.165) is 0 Å². The molecule has 0 saturated heterocycles. The van der Waals surface area contributed by atoms with Crippen LogP contribution in [0.5, 0.6) is 0 Å². The molecule has 0 aromatic rings. The fraction of sp³-hybridized carbons (Fsp3) is 0.857. The van der Waals surface area contributed by atoms with Crippen molar-refractivity contribution >= 4 is 5.97 Å². The van der Waals surface area contributed by atoms with Gasteiger partial charge in [-0.1, -0.05) is 0 Å². The summed E-state index contributed by atoms with van der Waals surface area (Å²) >= 11 is 0.